The lowest BCUT2D eigenvalue weighted by molar-refractivity contribution is 0.0518. The van der Waals surface area contributed by atoms with E-state index >= 15 is 0 Å². The van der Waals surface area contributed by atoms with Crippen LogP contribution in [0.5, 0.6) is 0 Å². The Balaban J connectivity index is 2.07. The van der Waals surface area contributed by atoms with Crippen LogP contribution in [0.1, 0.15) is 24.3 Å². The van der Waals surface area contributed by atoms with Gasteiger partial charge in [-0.2, -0.15) is 0 Å². The molecule has 2 rings (SSSR count). The fourth-order valence-corrected chi connectivity index (χ4v) is 3.15. The number of rotatable bonds is 7. The molecule has 1 aliphatic rings. The van der Waals surface area contributed by atoms with E-state index in [0.29, 0.717) is 41.7 Å². The fourth-order valence-electron chi connectivity index (χ4n) is 2.85. The molecule has 1 N–H and O–H groups in total. The lowest BCUT2D eigenvalue weighted by atomic mass is 9.81. The highest BCUT2D eigenvalue weighted by Crippen LogP contribution is 2.34. The largest absolute Gasteiger partial charge is 0.382 e. The molecule has 5 heteroatoms. The summed E-state index contributed by atoms with van der Waals surface area (Å²) in [6.07, 6.45) is 2.33. The van der Waals surface area contributed by atoms with E-state index < -0.39 is 0 Å². The molecule has 0 radical (unpaired) electrons. The van der Waals surface area contributed by atoms with Gasteiger partial charge in [0, 0.05) is 13.0 Å². The van der Waals surface area contributed by atoms with Crippen molar-refractivity contribution < 1.29 is 9.47 Å². The van der Waals surface area contributed by atoms with Gasteiger partial charge in [-0.15, -0.1) is 0 Å². The number of hydrogen-bond acceptors (Lipinski definition) is 3. The highest BCUT2D eigenvalue weighted by Gasteiger charge is 2.25. The quantitative estimate of drug-likeness (QED) is 0.772. The van der Waals surface area contributed by atoms with Crippen molar-refractivity contribution in [1.29, 1.82) is 0 Å². The average Bonchev–Trinajstić information content (AvgIpc) is 2.51. The Morgan fingerprint density at radius 3 is 2.62 bits per heavy atom. The zero-order chi connectivity index (χ0) is 15.1. The summed E-state index contributed by atoms with van der Waals surface area (Å²) >= 11 is 12.2. The van der Waals surface area contributed by atoms with Crippen LogP contribution in [0.2, 0.25) is 10.0 Å². The Bertz CT molecular complexity index is 436. The maximum Gasteiger partial charge on any atom is 0.0700 e. The Hall–Kier alpha value is -0.320. The molecule has 0 aromatic heterocycles. The Labute approximate surface area is 136 Å². The number of nitrogens with one attached hydrogen (secondary N) is 1. The van der Waals surface area contributed by atoms with Crippen molar-refractivity contribution in [1.82, 2.24) is 5.32 Å². The van der Waals surface area contributed by atoms with Gasteiger partial charge in [-0.1, -0.05) is 29.3 Å². The molecule has 0 saturated carbocycles. The molecular weight excluding hydrogens is 309 g/mol. The normalized spacial score (nSPS) is 17.9. The SMILES string of the molecule is COCCOCC(c1ccc(Cl)c(Cl)c1)C1CCNCC1. The molecule has 1 aromatic rings. The summed E-state index contributed by atoms with van der Waals surface area (Å²) in [6.45, 7) is 4.09. The van der Waals surface area contributed by atoms with Crippen molar-refractivity contribution in [2.24, 2.45) is 5.92 Å². The van der Waals surface area contributed by atoms with Crippen molar-refractivity contribution >= 4 is 23.2 Å². The highest BCUT2D eigenvalue weighted by molar-refractivity contribution is 6.42. The van der Waals surface area contributed by atoms with Gasteiger partial charge in [0.15, 0.2) is 0 Å². The molecule has 1 saturated heterocycles. The minimum atomic E-state index is 0.360. The van der Waals surface area contributed by atoms with Gasteiger partial charge in [0.2, 0.25) is 0 Å². The van der Waals surface area contributed by atoms with Crippen LogP contribution in [-0.4, -0.2) is 40.0 Å². The summed E-state index contributed by atoms with van der Waals surface area (Å²) in [4.78, 5) is 0. The minimum absolute atomic E-state index is 0.360. The van der Waals surface area contributed by atoms with E-state index in [1.54, 1.807) is 7.11 Å². The summed E-state index contributed by atoms with van der Waals surface area (Å²) in [5.74, 6) is 0.977. The second kappa shape index (κ2) is 8.96. The lowest BCUT2D eigenvalue weighted by Crippen LogP contribution is -2.32. The molecule has 1 atom stereocenters. The highest BCUT2D eigenvalue weighted by atomic mass is 35.5. The number of halogens is 2. The maximum atomic E-state index is 6.18. The van der Waals surface area contributed by atoms with Crippen LogP contribution in [-0.2, 0) is 9.47 Å². The van der Waals surface area contributed by atoms with Crippen LogP contribution < -0.4 is 5.32 Å². The Kier molecular flexibility index (Phi) is 7.27. The van der Waals surface area contributed by atoms with E-state index in [0.717, 1.165) is 13.1 Å². The molecule has 1 heterocycles. The molecule has 1 unspecified atom stereocenters. The van der Waals surface area contributed by atoms with Gasteiger partial charge in [-0.05, 0) is 49.5 Å². The standard InChI is InChI=1S/C16H23Cl2NO2/c1-20-8-9-21-11-14(12-4-6-19-7-5-12)13-2-3-15(17)16(18)10-13/h2-3,10,12,14,19H,4-9,11H2,1H3. The first-order valence-corrected chi connectivity index (χ1v) is 8.20. The Morgan fingerprint density at radius 1 is 1.19 bits per heavy atom. The smallest absolute Gasteiger partial charge is 0.0700 e. The molecule has 0 aliphatic carbocycles. The van der Waals surface area contributed by atoms with Crippen molar-refractivity contribution in [2.45, 2.75) is 18.8 Å². The van der Waals surface area contributed by atoms with Gasteiger partial charge in [0.1, 0.15) is 0 Å². The van der Waals surface area contributed by atoms with E-state index in [1.807, 2.05) is 12.1 Å². The van der Waals surface area contributed by atoms with Gasteiger partial charge in [-0.3, -0.25) is 0 Å². The van der Waals surface area contributed by atoms with Gasteiger partial charge >= 0.3 is 0 Å². The predicted octanol–water partition coefficient (Wildman–Crippen LogP) is 3.74. The molecule has 0 spiro atoms. The van der Waals surface area contributed by atoms with Crippen LogP contribution in [0.3, 0.4) is 0 Å². The topological polar surface area (TPSA) is 30.5 Å². The summed E-state index contributed by atoms with van der Waals surface area (Å²) in [5, 5.41) is 4.63. The van der Waals surface area contributed by atoms with Crippen molar-refractivity contribution in [3.63, 3.8) is 0 Å². The van der Waals surface area contributed by atoms with Gasteiger partial charge < -0.3 is 14.8 Å². The third-order valence-corrected chi connectivity index (χ3v) is 4.79. The molecular formula is C16H23Cl2NO2. The molecule has 3 nitrogen and oxygen atoms in total. The number of hydrogen-bond donors (Lipinski definition) is 1. The first-order chi connectivity index (χ1) is 10.2. The zero-order valence-electron chi connectivity index (χ0n) is 12.4. The summed E-state index contributed by atoms with van der Waals surface area (Å²) in [5.41, 5.74) is 1.22. The van der Waals surface area contributed by atoms with Crippen LogP contribution in [0.4, 0.5) is 0 Å². The van der Waals surface area contributed by atoms with Crippen molar-refractivity contribution in [2.75, 3.05) is 40.0 Å². The second-order valence-electron chi connectivity index (χ2n) is 5.44. The molecule has 1 aliphatic heterocycles. The van der Waals surface area contributed by atoms with Crippen LogP contribution in [0.15, 0.2) is 18.2 Å². The predicted molar refractivity (Wildman–Crippen MR) is 87.5 cm³/mol. The third-order valence-electron chi connectivity index (χ3n) is 4.05. The van der Waals surface area contributed by atoms with E-state index in [4.69, 9.17) is 32.7 Å². The summed E-state index contributed by atoms with van der Waals surface area (Å²) < 4.78 is 10.8. The first-order valence-electron chi connectivity index (χ1n) is 7.44. The number of ether oxygens (including phenoxy) is 2. The average molecular weight is 332 g/mol. The van der Waals surface area contributed by atoms with E-state index in [2.05, 4.69) is 11.4 Å². The number of piperidine rings is 1. The fraction of sp³-hybridized carbons (Fsp3) is 0.625. The summed E-state index contributed by atoms with van der Waals surface area (Å²) in [7, 11) is 1.69. The van der Waals surface area contributed by atoms with Crippen molar-refractivity contribution in [3.8, 4) is 0 Å². The lowest BCUT2D eigenvalue weighted by Gasteiger charge is -2.31. The van der Waals surface area contributed by atoms with Crippen LogP contribution in [0, 0.1) is 5.92 Å². The molecule has 1 fully saturated rings. The first kappa shape index (κ1) is 17.0. The Morgan fingerprint density at radius 2 is 1.95 bits per heavy atom. The molecule has 21 heavy (non-hydrogen) atoms. The molecule has 0 bridgehead atoms. The van der Waals surface area contributed by atoms with Gasteiger partial charge in [0.25, 0.3) is 0 Å². The third kappa shape index (κ3) is 5.11. The van der Waals surface area contributed by atoms with Crippen LogP contribution in [0.25, 0.3) is 0 Å². The minimum Gasteiger partial charge on any atom is -0.382 e. The molecule has 0 amide bonds. The zero-order valence-corrected chi connectivity index (χ0v) is 13.9. The maximum absolute atomic E-state index is 6.18. The number of methoxy groups -OCH3 is 1. The van der Waals surface area contributed by atoms with E-state index in [-0.39, 0.29) is 0 Å². The number of benzene rings is 1. The molecule has 118 valence electrons. The van der Waals surface area contributed by atoms with Crippen LogP contribution >= 0.6 is 23.2 Å². The van der Waals surface area contributed by atoms with Gasteiger partial charge in [0.05, 0.1) is 29.9 Å². The monoisotopic (exact) mass is 331 g/mol. The second-order valence-corrected chi connectivity index (χ2v) is 6.25. The van der Waals surface area contributed by atoms with E-state index in [9.17, 15) is 0 Å². The summed E-state index contributed by atoms with van der Waals surface area (Å²) in [6, 6.07) is 5.93. The van der Waals surface area contributed by atoms with Gasteiger partial charge in [-0.25, -0.2) is 0 Å². The van der Waals surface area contributed by atoms with E-state index in [1.165, 1.54) is 18.4 Å². The van der Waals surface area contributed by atoms with Crippen molar-refractivity contribution in [3.05, 3.63) is 33.8 Å². The molecule has 1 aromatic carbocycles.